The molecule has 5 N–H and O–H groups in total. The number of aliphatic hydroxyl groups is 1. The quantitative estimate of drug-likeness (QED) is 0.329. The smallest absolute Gasteiger partial charge is 0.193 e. The standard InChI is InChI=1S/C13H12O.C13H10O.2H2O.2Pr/c2*14-13(11-7-3-1-4-8-11)12-9-5-2-6-10-12;;;;/h1-10,13-14H;1-10H;2*1H2;;. The molecule has 0 spiro atoms. The Morgan fingerprint density at radius 1 is 0.500 bits per heavy atom. The van der Waals surface area contributed by atoms with Gasteiger partial charge in [-0.3, -0.25) is 4.79 Å². The van der Waals surface area contributed by atoms with Gasteiger partial charge in [0, 0.05) is 93.7 Å². The molecule has 32 heavy (non-hydrogen) atoms. The third kappa shape index (κ3) is 10.4. The van der Waals surface area contributed by atoms with Crippen molar-refractivity contribution >= 4 is 5.78 Å². The van der Waals surface area contributed by atoms with Crippen LogP contribution in [-0.4, -0.2) is 21.8 Å². The van der Waals surface area contributed by atoms with Crippen LogP contribution in [0.4, 0.5) is 0 Å². The molecule has 6 heteroatoms. The Morgan fingerprint density at radius 3 is 1.03 bits per heavy atom. The Labute approximate surface area is 255 Å². The molecule has 2 radical (unpaired) electrons. The van der Waals surface area contributed by atoms with E-state index in [1.54, 1.807) is 0 Å². The molecule has 160 valence electrons. The van der Waals surface area contributed by atoms with Gasteiger partial charge in [0.1, 0.15) is 6.10 Å². The van der Waals surface area contributed by atoms with Crippen LogP contribution in [-0.2, 0) is 0 Å². The minimum absolute atomic E-state index is 0. The maximum atomic E-state index is 11.8. The number of hydrogen-bond acceptors (Lipinski definition) is 2. The number of hydrogen-bond donors (Lipinski definition) is 1. The summed E-state index contributed by atoms with van der Waals surface area (Å²) in [6.07, 6.45) is -0.516. The number of carbonyl (C=O) groups is 1. The van der Waals surface area contributed by atoms with Crippen molar-refractivity contribution in [1.29, 1.82) is 0 Å². The summed E-state index contributed by atoms with van der Waals surface area (Å²) >= 11 is 0. The summed E-state index contributed by atoms with van der Waals surface area (Å²) in [5.74, 6) is 0.0752. The van der Waals surface area contributed by atoms with E-state index in [-0.39, 0.29) is 99.3 Å². The van der Waals surface area contributed by atoms with Crippen molar-refractivity contribution < 1.29 is 103 Å². The zero-order valence-corrected chi connectivity index (χ0v) is 25.0. The van der Waals surface area contributed by atoms with Crippen LogP contribution in [0.5, 0.6) is 0 Å². The van der Waals surface area contributed by atoms with E-state index in [9.17, 15) is 9.90 Å². The van der Waals surface area contributed by atoms with Gasteiger partial charge in [0.2, 0.25) is 0 Å². The van der Waals surface area contributed by atoms with Crippen LogP contribution in [0.1, 0.15) is 33.2 Å². The molecule has 0 atom stereocenters. The second-order valence-electron chi connectivity index (χ2n) is 6.29. The van der Waals surface area contributed by atoms with E-state index in [2.05, 4.69) is 0 Å². The average Bonchev–Trinajstić information content (AvgIpc) is 2.81. The summed E-state index contributed by atoms with van der Waals surface area (Å²) in [5.41, 5.74) is 3.33. The van der Waals surface area contributed by atoms with Gasteiger partial charge in [-0.2, -0.15) is 0 Å². The van der Waals surface area contributed by atoms with Crippen molar-refractivity contribution in [3.8, 4) is 0 Å². The van der Waals surface area contributed by atoms with Gasteiger partial charge in [0.25, 0.3) is 0 Å². The summed E-state index contributed by atoms with van der Waals surface area (Å²) in [5, 5.41) is 9.99. The van der Waals surface area contributed by atoms with E-state index >= 15 is 0 Å². The van der Waals surface area contributed by atoms with Gasteiger partial charge in [-0.1, -0.05) is 121 Å². The Balaban J connectivity index is 0. The Kier molecular flexibility index (Phi) is 19.3. The molecule has 0 saturated heterocycles. The van der Waals surface area contributed by atoms with Gasteiger partial charge in [0.15, 0.2) is 5.78 Å². The zero-order chi connectivity index (χ0) is 19.6. The largest absolute Gasteiger partial charge is 0.412 e. The maximum Gasteiger partial charge on any atom is 0.193 e. The van der Waals surface area contributed by atoms with Gasteiger partial charge in [-0.05, 0) is 11.1 Å². The SMILES string of the molecule is O.O.O=C(c1ccccc1)c1ccccc1.OC(c1ccccc1)c1ccccc1.[Pr].[Pr]. The van der Waals surface area contributed by atoms with Gasteiger partial charge >= 0.3 is 0 Å². The second kappa shape index (κ2) is 18.6. The summed E-state index contributed by atoms with van der Waals surface area (Å²) in [6.45, 7) is 0. The van der Waals surface area contributed by atoms with Crippen molar-refractivity contribution in [3.05, 3.63) is 144 Å². The minimum atomic E-state index is -0.516. The third-order valence-corrected chi connectivity index (χ3v) is 4.30. The van der Waals surface area contributed by atoms with Gasteiger partial charge in [-0.25, -0.2) is 0 Å². The van der Waals surface area contributed by atoms with Crippen LogP contribution in [0, 0.1) is 82.6 Å². The van der Waals surface area contributed by atoms with Crippen molar-refractivity contribution in [2.75, 3.05) is 0 Å². The van der Waals surface area contributed by atoms with Gasteiger partial charge in [0.05, 0.1) is 0 Å². The molecule has 4 aromatic rings. The molecule has 0 aliphatic heterocycles. The Hall–Kier alpha value is -0.843. The number of rotatable bonds is 4. The molecule has 0 heterocycles. The monoisotopic (exact) mass is 684 g/mol. The first-order valence-electron chi connectivity index (χ1n) is 9.18. The number of ketones is 1. The van der Waals surface area contributed by atoms with Crippen LogP contribution >= 0.6 is 0 Å². The first-order valence-corrected chi connectivity index (χ1v) is 9.18. The fourth-order valence-electron chi connectivity index (χ4n) is 2.81. The van der Waals surface area contributed by atoms with E-state index in [1.807, 2.05) is 121 Å². The molecular weight excluding hydrogens is 658 g/mol. The first kappa shape index (κ1) is 33.3. The van der Waals surface area contributed by atoms with Crippen LogP contribution in [0.25, 0.3) is 0 Å². The molecule has 4 nitrogen and oxygen atoms in total. The fourth-order valence-corrected chi connectivity index (χ4v) is 2.81. The van der Waals surface area contributed by atoms with Crippen LogP contribution in [0.2, 0.25) is 0 Å². The summed E-state index contributed by atoms with van der Waals surface area (Å²) in [4.78, 5) is 11.8. The number of aliphatic hydroxyl groups excluding tert-OH is 1. The summed E-state index contributed by atoms with van der Waals surface area (Å²) in [7, 11) is 0. The van der Waals surface area contributed by atoms with Crippen molar-refractivity contribution in [2.24, 2.45) is 0 Å². The summed E-state index contributed by atoms with van der Waals surface area (Å²) < 4.78 is 0. The zero-order valence-electron chi connectivity index (χ0n) is 17.6. The number of benzene rings is 4. The topological polar surface area (TPSA) is 100 Å². The molecule has 0 aromatic heterocycles. The molecule has 0 bridgehead atoms. The van der Waals surface area contributed by atoms with E-state index < -0.39 is 6.10 Å². The Bertz CT molecular complexity index is 902. The Morgan fingerprint density at radius 2 is 0.750 bits per heavy atom. The number of carbonyl (C=O) groups excluding carboxylic acids is 1. The van der Waals surface area contributed by atoms with E-state index in [0.717, 1.165) is 22.3 Å². The predicted molar refractivity (Wildman–Crippen MR) is 120 cm³/mol. The molecule has 0 fully saturated rings. The molecule has 4 rings (SSSR count). The molecule has 4 aromatic carbocycles. The van der Waals surface area contributed by atoms with Crippen molar-refractivity contribution in [1.82, 2.24) is 0 Å². The van der Waals surface area contributed by atoms with Gasteiger partial charge in [-0.15, -0.1) is 0 Å². The van der Waals surface area contributed by atoms with Crippen molar-refractivity contribution in [2.45, 2.75) is 6.10 Å². The molecular formula is C26H26O4Pr2. The normalized spacial score (nSPS) is 8.81. The van der Waals surface area contributed by atoms with Crippen LogP contribution in [0.3, 0.4) is 0 Å². The molecule has 0 saturated carbocycles. The fraction of sp³-hybridized carbons (Fsp3) is 0.0385. The van der Waals surface area contributed by atoms with E-state index in [4.69, 9.17) is 0 Å². The molecule has 0 amide bonds. The van der Waals surface area contributed by atoms with Crippen LogP contribution < -0.4 is 0 Å². The molecule has 0 unspecified atom stereocenters. The maximum absolute atomic E-state index is 11.8. The minimum Gasteiger partial charge on any atom is -0.412 e. The van der Waals surface area contributed by atoms with E-state index in [0.29, 0.717) is 0 Å². The van der Waals surface area contributed by atoms with Crippen LogP contribution in [0.15, 0.2) is 121 Å². The predicted octanol–water partition coefficient (Wildman–Crippen LogP) is 4.04. The summed E-state index contributed by atoms with van der Waals surface area (Å²) in [6, 6.07) is 37.9. The first-order chi connectivity index (χ1) is 13.8. The van der Waals surface area contributed by atoms with Gasteiger partial charge < -0.3 is 16.1 Å². The molecule has 0 aliphatic rings. The third-order valence-electron chi connectivity index (χ3n) is 4.30. The average molecular weight is 684 g/mol. The van der Waals surface area contributed by atoms with E-state index in [1.165, 1.54) is 0 Å². The van der Waals surface area contributed by atoms with Crippen molar-refractivity contribution in [3.63, 3.8) is 0 Å². The molecule has 0 aliphatic carbocycles. The second-order valence-corrected chi connectivity index (χ2v) is 6.29.